The molecule has 0 saturated carbocycles. The number of aliphatic imine (C=N–C) groups is 2. The Labute approximate surface area is 213 Å². The van der Waals surface area contributed by atoms with Crippen LogP contribution in [0.3, 0.4) is 0 Å². The third kappa shape index (κ3) is 4.28. The summed E-state index contributed by atoms with van der Waals surface area (Å²) < 4.78 is 0. The average molecular weight is 495 g/mol. The van der Waals surface area contributed by atoms with Crippen LogP contribution in [0.1, 0.15) is 43.5 Å². The van der Waals surface area contributed by atoms with Crippen molar-refractivity contribution >= 4 is 45.4 Å². The van der Waals surface area contributed by atoms with Gasteiger partial charge >= 0.3 is 0 Å². The van der Waals surface area contributed by atoms with Crippen LogP contribution in [0.4, 0.5) is 5.69 Å². The Morgan fingerprint density at radius 1 is 1.22 bits per heavy atom. The van der Waals surface area contributed by atoms with Crippen LogP contribution in [0, 0.1) is 0 Å². The third-order valence-electron chi connectivity index (χ3n) is 6.55. The number of pyridine rings is 1. The predicted octanol–water partition coefficient (Wildman–Crippen LogP) is 5.78. The first-order chi connectivity index (χ1) is 17.7. The summed E-state index contributed by atoms with van der Waals surface area (Å²) in [7, 11) is 0. The number of thiophene rings is 1. The summed E-state index contributed by atoms with van der Waals surface area (Å²) in [5.41, 5.74) is 8.95. The zero-order valence-corrected chi connectivity index (χ0v) is 20.8. The second kappa shape index (κ2) is 9.62. The number of rotatable bonds is 6. The van der Waals surface area contributed by atoms with E-state index < -0.39 is 0 Å². The number of nitrogens with one attached hydrogen (secondary N) is 2. The summed E-state index contributed by atoms with van der Waals surface area (Å²) in [5, 5.41) is 7.18. The van der Waals surface area contributed by atoms with Crippen molar-refractivity contribution in [2.45, 2.75) is 32.1 Å². The molecular formula is C28H26N6OS. The normalized spacial score (nSPS) is 17.2. The molecule has 8 heteroatoms. The molecule has 36 heavy (non-hydrogen) atoms. The molecule has 0 aliphatic carbocycles. The number of hydrogen-bond donors (Lipinski definition) is 2. The molecule has 1 amide bonds. The molecule has 0 spiro atoms. The SMILES string of the molecule is CCCC(=O)Nc1cncc(C2C=C3C(=NC2)CCN=C3c2nc3c(-c4ccsc4)cccc3[nH]2)c1. The smallest absolute Gasteiger partial charge is 0.224 e. The number of anilines is 1. The number of para-hydroxylation sites is 1. The lowest BCUT2D eigenvalue weighted by atomic mass is 9.88. The Bertz CT molecular complexity index is 1530. The van der Waals surface area contributed by atoms with E-state index in [-0.39, 0.29) is 11.8 Å². The quantitative estimate of drug-likeness (QED) is 0.355. The van der Waals surface area contributed by atoms with Crippen molar-refractivity contribution in [2.75, 3.05) is 18.4 Å². The van der Waals surface area contributed by atoms with Crippen LogP contribution < -0.4 is 5.32 Å². The van der Waals surface area contributed by atoms with Crippen molar-refractivity contribution in [3.63, 3.8) is 0 Å². The standard InChI is InChI=1S/C28H26N6OS/c1-2-4-25(35)32-20-11-18(13-29-15-20)19-12-22-23(31-14-19)7-9-30-27(22)28-33-24-6-3-5-21(26(24)34-28)17-8-10-36-16-17/h3,5-6,8,10-13,15-16,19H,2,4,7,9,14H2,1H3,(H,32,35)(H,33,34). The van der Waals surface area contributed by atoms with Gasteiger partial charge in [-0.3, -0.25) is 19.8 Å². The van der Waals surface area contributed by atoms with E-state index in [4.69, 9.17) is 15.0 Å². The maximum absolute atomic E-state index is 12.1. The Hall–Kier alpha value is -3.91. The molecule has 0 radical (unpaired) electrons. The van der Waals surface area contributed by atoms with E-state index in [1.54, 1.807) is 17.5 Å². The van der Waals surface area contributed by atoms with Crippen LogP contribution in [0.15, 0.2) is 75.1 Å². The van der Waals surface area contributed by atoms with Gasteiger partial charge in [0.2, 0.25) is 5.91 Å². The van der Waals surface area contributed by atoms with Gasteiger partial charge < -0.3 is 10.3 Å². The molecule has 1 unspecified atom stereocenters. The van der Waals surface area contributed by atoms with Crippen LogP contribution in [0.25, 0.3) is 22.2 Å². The Morgan fingerprint density at radius 3 is 3.03 bits per heavy atom. The highest BCUT2D eigenvalue weighted by atomic mass is 32.1. The largest absolute Gasteiger partial charge is 0.337 e. The van der Waals surface area contributed by atoms with Crippen LogP contribution in [0.5, 0.6) is 0 Å². The van der Waals surface area contributed by atoms with E-state index in [1.807, 2.05) is 19.2 Å². The number of aromatic nitrogens is 3. The first-order valence-corrected chi connectivity index (χ1v) is 13.2. The fourth-order valence-electron chi connectivity index (χ4n) is 4.81. The molecule has 3 aromatic heterocycles. The first-order valence-electron chi connectivity index (χ1n) is 12.3. The molecular weight excluding hydrogens is 468 g/mol. The topological polar surface area (TPSA) is 95.4 Å². The molecule has 4 aromatic rings. The molecule has 2 aliphatic rings. The van der Waals surface area contributed by atoms with Gasteiger partial charge in [-0.05, 0) is 46.5 Å². The van der Waals surface area contributed by atoms with E-state index in [9.17, 15) is 4.79 Å². The molecule has 1 atom stereocenters. The molecule has 0 bridgehead atoms. The van der Waals surface area contributed by atoms with Gasteiger partial charge in [0.25, 0.3) is 0 Å². The van der Waals surface area contributed by atoms with Crippen molar-refractivity contribution < 1.29 is 4.79 Å². The number of carbonyl (C=O) groups is 1. The van der Waals surface area contributed by atoms with Crippen LogP contribution >= 0.6 is 11.3 Å². The lowest BCUT2D eigenvalue weighted by molar-refractivity contribution is -0.116. The lowest BCUT2D eigenvalue weighted by Crippen LogP contribution is -2.26. The molecule has 0 saturated heterocycles. The minimum atomic E-state index is 0.00663. The van der Waals surface area contributed by atoms with E-state index >= 15 is 0 Å². The highest BCUT2D eigenvalue weighted by Gasteiger charge is 2.27. The molecule has 6 rings (SSSR count). The summed E-state index contributed by atoms with van der Waals surface area (Å²) in [6.07, 6.45) is 7.91. The van der Waals surface area contributed by atoms with Gasteiger partial charge in [0, 0.05) is 54.9 Å². The van der Waals surface area contributed by atoms with Gasteiger partial charge in [-0.2, -0.15) is 11.3 Å². The zero-order chi connectivity index (χ0) is 24.5. The van der Waals surface area contributed by atoms with Crippen molar-refractivity contribution in [2.24, 2.45) is 9.98 Å². The number of carbonyl (C=O) groups excluding carboxylic acids is 1. The minimum Gasteiger partial charge on any atom is -0.337 e. The Morgan fingerprint density at radius 2 is 2.17 bits per heavy atom. The van der Waals surface area contributed by atoms with E-state index in [1.165, 1.54) is 5.56 Å². The van der Waals surface area contributed by atoms with Gasteiger partial charge in [-0.1, -0.05) is 25.1 Å². The maximum Gasteiger partial charge on any atom is 0.224 e. The van der Waals surface area contributed by atoms with Gasteiger partial charge in [-0.15, -0.1) is 0 Å². The molecule has 1 aromatic carbocycles. The maximum atomic E-state index is 12.1. The number of allylic oxidation sites excluding steroid dienone is 1. The summed E-state index contributed by atoms with van der Waals surface area (Å²) >= 11 is 1.68. The number of fused-ring (bicyclic) bond motifs is 2. The Balaban J connectivity index is 1.34. The minimum absolute atomic E-state index is 0.00663. The van der Waals surface area contributed by atoms with Crippen LogP contribution in [-0.2, 0) is 4.79 Å². The number of hydrogen-bond acceptors (Lipinski definition) is 6. The number of nitrogens with zero attached hydrogens (tertiary/aromatic N) is 4. The second-order valence-corrected chi connectivity index (χ2v) is 9.84. The second-order valence-electron chi connectivity index (χ2n) is 9.06. The predicted molar refractivity (Wildman–Crippen MR) is 146 cm³/mol. The molecule has 7 nitrogen and oxygen atoms in total. The van der Waals surface area contributed by atoms with Crippen LogP contribution in [-0.4, -0.2) is 45.4 Å². The number of amides is 1. The third-order valence-corrected chi connectivity index (χ3v) is 7.23. The summed E-state index contributed by atoms with van der Waals surface area (Å²) in [5.74, 6) is 0.825. The van der Waals surface area contributed by atoms with Crippen molar-refractivity contribution in [1.29, 1.82) is 0 Å². The average Bonchev–Trinajstić information content (AvgIpc) is 3.58. The van der Waals surface area contributed by atoms with Crippen molar-refractivity contribution in [1.82, 2.24) is 15.0 Å². The number of benzene rings is 1. The molecule has 0 fully saturated rings. The number of H-pyrrole nitrogens is 1. The van der Waals surface area contributed by atoms with Crippen LogP contribution in [0.2, 0.25) is 0 Å². The molecule has 2 aliphatic heterocycles. The van der Waals surface area contributed by atoms with Crippen molar-refractivity contribution in [3.8, 4) is 11.1 Å². The number of aromatic amines is 1. The molecule has 2 N–H and O–H groups in total. The highest BCUT2D eigenvalue weighted by molar-refractivity contribution is 7.08. The first kappa shape index (κ1) is 22.5. The van der Waals surface area contributed by atoms with Gasteiger partial charge in [-0.25, -0.2) is 4.98 Å². The monoisotopic (exact) mass is 494 g/mol. The zero-order valence-electron chi connectivity index (χ0n) is 20.0. The highest BCUT2D eigenvalue weighted by Crippen LogP contribution is 2.32. The van der Waals surface area contributed by atoms with E-state index in [0.717, 1.165) is 63.5 Å². The van der Waals surface area contributed by atoms with Gasteiger partial charge in [0.05, 0.1) is 22.9 Å². The summed E-state index contributed by atoms with van der Waals surface area (Å²) in [6, 6.07) is 10.3. The van der Waals surface area contributed by atoms with Crippen molar-refractivity contribution in [3.05, 3.63) is 76.5 Å². The Kier molecular flexibility index (Phi) is 6.03. The van der Waals surface area contributed by atoms with E-state index in [0.29, 0.717) is 19.5 Å². The number of dihydropyridines is 1. The fourth-order valence-corrected chi connectivity index (χ4v) is 5.47. The number of imidazole rings is 1. The van der Waals surface area contributed by atoms with E-state index in [2.05, 4.69) is 56.4 Å². The molecule has 5 heterocycles. The van der Waals surface area contributed by atoms with Gasteiger partial charge in [0.1, 0.15) is 5.71 Å². The fraction of sp³-hybridized carbons (Fsp3) is 0.250. The molecule has 180 valence electrons. The lowest BCUT2D eigenvalue weighted by Gasteiger charge is -2.24. The van der Waals surface area contributed by atoms with Gasteiger partial charge in [0.15, 0.2) is 5.82 Å². The summed E-state index contributed by atoms with van der Waals surface area (Å²) in [4.78, 5) is 34.8. The summed E-state index contributed by atoms with van der Waals surface area (Å²) in [6.45, 7) is 3.35.